The Morgan fingerprint density at radius 1 is 0.397 bits per heavy atom. The van der Waals surface area contributed by atoms with Gasteiger partial charge in [0.2, 0.25) is 5.91 Å². The number of hydrogen-bond acceptors (Lipinski definition) is 13. The largest absolute Gasteiger partial charge is 0.481 e. The SMILES string of the molecule is CSSC.CSSC.CSSC.C[C@@H](CCCCNC(=O)CC[C@H](CC(=O)CC[C@H](CC(=O)CCCCCCCCCCCCCCCCCCC(=O)O)C(=O)O)C(=O)O)C(=O)O. The van der Waals surface area contributed by atoms with Crippen molar-refractivity contribution in [3.05, 3.63) is 0 Å². The Hall–Kier alpha value is -1.21. The zero-order valence-corrected chi connectivity index (χ0v) is 44.5. The van der Waals surface area contributed by atoms with Crippen LogP contribution in [-0.4, -0.2) is 106 Å². The third-order valence-corrected chi connectivity index (χ3v) is 14.0. The zero-order chi connectivity index (χ0) is 48.5. The number of carbonyl (C=O) groups excluding carboxylic acids is 3. The predicted octanol–water partition coefficient (Wildman–Crippen LogP) is 12.9. The highest BCUT2D eigenvalue weighted by Crippen LogP contribution is 2.20. The standard InChI is InChI=1S/C39H67NO11.3C2H6S2/c1-30(37(46)47)20-18-19-27-40-35(43)26-24-32(39(50)51)29-34(42)25-23-31(38(48)49)28-33(41)21-16-14-12-10-8-6-4-2-3-5-7-9-11-13-15-17-22-36(44)45;3*1-3-4-2/h30-32H,2-29H2,1H3,(H,40,43)(H,44,45)(H,46,47)(H,48,49)(H,50,51);3*1-2H3/t30-,31+,32+;;;/m0.../s1. The first-order valence-corrected chi connectivity index (χ1v) is 31.4. The third kappa shape index (κ3) is 56.9. The maximum atomic E-state index is 12.5. The number of amides is 1. The second kappa shape index (κ2) is 53.4. The number of carboxylic acid groups (broad SMARTS) is 4. The molecule has 0 aromatic heterocycles. The lowest BCUT2D eigenvalue weighted by Crippen LogP contribution is -2.27. The first kappa shape index (κ1) is 68.4. The van der Waals surface area contributed by atoms with Gasteiger partial charge in [-0.05, 0) is 76.1 Å². The van der Waals surface area contributed by atoms with E-state index in [2.05, 4.69) is 42.9 Å². The van der Waals surface area contributed by atoms with Gasteiger partial charge in [-0.2, -0.15) is 0 Å². The lowest BCUT2D eigenvalue weighted by atomic mass is 9.90. The summed E-state index contributed by atoms with van der Waals surface area (Å²) in [5.41, 5.74) is 0. The van der Waals surface area contributed by atoms with Crippen LogP contribution in [0.2, 0.25) is 0 Å². The molecule has 372 valence electrons. The van der Waals surface area contributed by atoms with Crippen LogP contribution in [0.1, 0.15) is 180 Å². The van der Waals surface area contributed by atoms with Crippen LogP contribution in [0.3, 0.4) is 0 Å². The number of carbonyl (C=O) groups is 7. The lowest BCUT2D eigenvalue weighted by Gasteiger charge is -2.14. The quantitative estimate of drug-likeness (QED) is 0.0285. The molecule has 0 saturated carbocycles. The van der Waals surface area contributed by atoms with Crippen LogP contribution in [0, 0.1) is 17.8 Å². The van der Waals surface area contributed by atoms with Crippen molar-refractivity contribution in [2.24, 2.45) is 17.8 Å². The van der Waals surface area contributed by atoms with Gasteiger partial charge in [-0.1, -0.05) is 168 Å². The zero-order valence-electron chi connectivity index (χ0n) is 39.6. The van der Waals surface area contributed by atoms with Crippen molar-refractivity contribution in [1.29, 1.82) is 0 Å². The normalized spacial score (nSPS) is 11.9. The van der Waals surface area contributed by atoms with Crippen molar-refractivity contribution < 1.29 is 54.0 Å². The molecule has 0 aromatic carbocycles. The smallest absolute Gasteiger partial charge is 0.306 e. The first-order chi connectivity index (χ1) is 30.1. The van der Waals surface area contributed by atoms with Gasteiger partial charge in [0.1, 0.15) is 11.6 Å². The maximum absolute atomic E-state index is 12.5. The molecule has 5 N–H and O–H groups in total. The highest BCUT2D eigenvalue weighted by Gasteiger charge is 2.25. The van der Waals surface area contributed by atoms with E-state index in [1.54, 1.807) is 71.7 Å². The maximum Gasteiger partial charge on any atom is 0.306 e. The van der Waals surface area contributed by atoms with Crippen LogP contribution in [0.25, 0.3) is 0 Å². The first-order valence-electron chi connectivity index (χ1n) is 22.5. The van der Waals surface area contributed by atoms with E-state index in [1.807, 2.05) is 0 Å². The molecule has 0 heterocycles. The number of unbranched alkanes of at least 4 members (excludes halogenated alkanes) is 16. The van der Waals surface area contributed by atoms with Crippen LogP contribution in [0.15, 0.2) is 0 Å². The summed E-state index contributed by atoms with van der Waals surface area (Å²) in [6.45, 7) is 1.97. The van der Waals surface area contributed by atoms with E-state index in [1.165, 1.54) is 57.8 Å². The van der Waals surface area contributed by atoms with Gasteiger partial charge >= 0.3 is 23.9 Å². The van der Waals surface area contributed by atoms with Crippen molar-refractivity contribution in [2.45, 2.75) is 180 Å². The minimum absolute atomic E-state index is 0.0361. The highest BCUT2D eigenvalue weighted by molar-refractivity contribution is 8.76. The van der Waals surface area contributed by atoms with Crippen molar-refractivity contribution in [3.8, 4) is 0 Å². The summed E-state index contributed by atoms with van der Waals surface area (Å²) in [5, 5.41) is 39.3. The van der Waals surface area contributed by atoms with Crippen molar-refractivity contribution in [1.82, 2.24) is 5.32 Å². The van der Waals surface area contributed by atoms with E-state index in [0.29, 0.717) is 38.6 Å². The Balaban J connectivity index is -0.00000127. The molecule has 0 bridgehead atoms. The summed E-state index contributed by atoms with van der Waals surface area (Å²) in [4.78, 5) is 81.9. The van der Waals surface area contributed by atoms with E-state index in [9.17, 15) is 43.8 Å². The Bertz CT molecular complexity index is 1140. The average molecular weight is 1010 g/mol. The fourth-order valence-electron chi connectivity index (χ4n) is 6.11. The third-order valence-electron chi connectivity index (χ3n) is 10.0. The highest BCUT2D eigenvalue weighted by atomic mass is 33.1. The van der Waals surface area contributed by atoms with Crippen LogP contribution in [0.5, 0.6) is 0 Å². The summed E-state index contributed by atoms with van der Waals surface area (Å²) < 4.78 is 0. The number of Topliss-reactive ketones (excluding diaryl/α,β-unsaturated/α-hetero) is 2. The summed E-state index contributed by atoms with van der Waals surface area (Å²) in [6, 6.07) is 0. The monoisotopic (exact) mass is 1010 g/mol. The molecule has 0 unspecified atom stereocenters. The topological polar surface area (TPSA) is 212 Å². The molecule has 3 atom stereocenters. The number of rotatable bonds is 40. The van der Waals surface area contributed by atoms with Crippen molar-refractivity contribution in [2.75, 3.05) is 44.1 Å². The van der Waals surface area contributed by atoms with Gasteiger partial charge in [0.05, 0.1) is 17.8 Å². The molecule has 0 aliphatic carbocycles. The van der Waals surface area contributed by atoms with Crippen molar-refractivity contribution in [3.63, 3.8) is 0 Å². The second-order valence-corrected chi connectivity index (χ2v) is 23.3. The molecule has 0 saturated heterocycles. The van der Waals surface area contributed by atoms with E-state index in [4.69, 9.17) is 10.2 Å². The van der Waals surface area contributed by atoms with Crippen LogP contribution in [0.4, 0.5) is 0 Å². The van der Waals surface area contributed by atoms with Crippen LogP contribution < -0.4 is 5.32 Å². The van der Waals surface area contributed by atoms with E-state index < -0.39 is 47.4 Å². The molecular weight excluding hydrogens is 923 g/mol. The lowest BCUT2D eigenvalue weighted by molar-refractivity contribution is -0.145. The summed E-state index contributed by atoms with van der Waals surface area (Å²) in [5.74, 6) is -7.35. The Morgan fingerprint density at radius 2 is 0.730 bits per heavy atom. The molecule has 1 amide bonds. The molecule has 0 spiro atoms. The van der Waals surface area contributed by atoms with Gasteiger partial charge in [-0.25, -0.2) is 0 Å². The second-order valence-electron chi connectivity index (χ2n) is 15.3. The molecule has 0 fully saturated rings. The predicted molar refractivity (Wildman–Crippen MR) is 275 cm³/mol. The minimum Gasteiger partial charge on any atom is -0.481 e. The van der Waals surface area contributed by atoms with E-state index in [0.717, 1.165) is 38.5 Å². The van der Waals surface area contributed by atoms with Gasteiger partial charge in [0, 0.05) is 45.1 Å². The fraction of sp³-hybridized carbons (Fsp3) is 0.844. The average Bonchev–Trinajstić information content (AvgIpc) is 3.25. The molecule has 12 nitrogen and oxygen atoms in total. The fourth-order valence-corrected chi connectivity index (χ4v) is 6.11. The molecular formula is C45H85NO11S6. The summed E-state index contributed by atoms with van der Waals surface area (Å²) >= 11 is 0. The summed E-state index contributed by atoms with van der Waals surface area (Å²) in [7, 11) is 10.6. The van der Waals surface area contributed by atoms with E-state index >= 15 is 0 Å². The Labute approximate surface area is 405 Å². The Morgan fingerprint density at radius 3 is 1.06 bits per heavy atom. The summed E-state index contributed by atoms with van der Waals surface area (Å²) in [6.07, 6.45) is 31.7. The molecule has 0 rings (SSSR count). The number of aliphatic carboxylic acids is 4. The van der Waals surface area contributed by atoms with Gasteiger partial charge < -0.3 is 25.7 Å². The molecule has 63 heavy (non-hydrogen) atoms. The number of carboxylic acids is 4. The number of hydrogen-bond donors (Lipinski definition) is 5. The number of ketones is 2. The molecule has 0 aromatic rings. The van der Waals surface area contributed by atoms with E-state index in [-0.39, 0.29) is 56.6 Å². The van der Waals surface area contributed by atoms with Gasteiger partial charge in [0.15, 0.2) is 0 Å². The molecule has 0 aliphatic heterocycles. The van der Waals surface area contributed by atoms with Crippen molar-refractivity contribution >= 4 is 106 Å². The van der Waals surface area contributed by atoms with Crippen LogP contribution in [-0.2, 0) is 33.6 Å². The Kier molecular flexibility index (Phi) is 58.0. The van der Waals surface area contributed by atoms with Gasteiger partial charge in [-0.15, -0.1) is 0 Å². The minimum atomic E-state index is -1.20. The van der Waals surface area contributed by atoms with Gasteiger partial charge in [-0.3, -0.25) is 33.6 Å². The molecule has 18 heteroatoms. The van der Waals surface area contributed by atoms with Gasteiger partial charge in [0.25, 0.3) is 0 Å². The molecule has 0 radical (unpaired) electrons. The number of nitrogens with one attached hydrogen (secondary N) is 1. The molecule has 0 aliphatic rings. The van der Waals surface area contributed by atoms with Crippen LogP contribution >= 0.6 is 64.8 Å².